The first-order valence-corrected chi connectivity index (χ1v) is 7.75. The monoisotopic (exact) mass is 305 g/mol. The Bertz CT molecular complexity index is 587. The number of aromatic amines is 1. The van der Waals surface area contributed by atoms with Gasteiger partial charge in [0.2, 0.25) is 0 Å². The average Bonchev–Trinajstić information content (AvgIpc) is 3.24. The van der Waals surface area contributed by atoms with Gasteiger partial charge >= 0.3 is 0 Å². The molecule has 7 heteroatoms. The van der Waals surface area contributed by atoms with E-state index < -0.39 is 0 Å². The summed E-state index contributed by atoms with van der Waals surface area (Å²) in [5, 5.41) is 4.65. The Labute approximate surface area is 130 Å². The van der Waals surface area contributed by atoms with E-state index in [1.165, 1.54) is 0 Å². The van der Waals surface area contributed by atoms with Crippen LogP contribution in [0.3, 0.4) is 0 Å². The minimum atomic E-state index is -0.327. The summed E-state index contributed by atoms with van der Waals surface area (Å²) in [6, 6.07) is 0. The first-order valence-electron chi connectivity index (χ1n) is 7.75. The SMILES string of the molecule is COCCc1nc([C@]2(C)CCCO2)n(CCc2cnc[nH]2)n1. The van der Waals surface area contributed by atoms with E-state index in [4.69, 9.17) is 14.5 Å². The number of hydrogen-bond acceptors (Lipinski definition) is 5. The van der Waals surface area contributed by atoms with Crippen molar-refractivity contribution in [2.24, 2.45) is 0 Å². The van der Waals surface area contributed by atoms with Crippen LogP contribution >= 0.6 is 0 Å². The lowest BCUT2D eigenvalue weighted by atomic mass is 10.0. The van der Waals surface area contributed by atoms with E-state index in [0.717, 1.165) is 56.2 Å². The molecule has 1 fully saturated rings. The fourth-order valence-corrected chi connectivity index (χ4v) is 2.84. The van der Waals surface area contributed by atoms with Crippen LogP contribution in [0.4, 0.5) is 0 Å². The van der Waals surface area contributed by atoms with Gasteiger partial charge in [0.1, 0.15) is 5.60 Å². The van der Waals surface area contributed by atoms with Gasteiger partial charge in [-0.15, -0.1) is 0 Å². The Kier molecular flexibility index (Phi) is 4.54. The highest BCUT2D eigenvalue weighted by Gasteiger charge is 2.37. The lowest BCUT2D eigenvalue weighted by Gasteiger charge is -2.22. The summed E-state index contributed by atoms with van der Waals surface area (Å²) >= 11 is 0. The molecule has 2 aromatic rings. The molecule has 0 radical (unpaired) electrons. The van der Waals surface area contributed by atoms with Crippen LogP contribution in [0.1, 0.15) is 37.1 Å². The van der Waals surface area contributed by atoms with E-state index in [0.29, 0.717) is 6.61 Å². The number of rotatable bonds is 7. The standard InChI is InChI=1S/C15H23N5O2/c1-15(6-3-8-22-15)14-18-13(5-9-21-2)19-20(14)7-4-12-10-16-11-17-12/h10-11H,3-9H2,1-2H3,(H,16,17)/t15-/m0/s1. The number of nitrogens with one attached hydrogen (secondary N) is 1. The summed E-state index contributed by atoms with van der Waals surface area (Å²) in [5.41, 5.74) is 0.768. The number of aromatic nitrogens is 5. The normalized spacial score (nSPS) is 21.5. The predicted octanol–water partition coefficient (Wildman–Crippen LogP) is 1.46. The fraction of sp³-hybridized carbons (Fsp3) is 0.667. The third-order valence-corrected chi connectivity index (χ3v) is 4.08. The van der Waals surface area contributed by atoms with E-state index in [9.17, 15) is 0 Å². The van der Waals surface area contributed by atoms with Gasteiger partial charge in [-0.1, -0.05) is 0 Å². The van der Waals surface area contributed by atoms with E-state index in [1.54, 1.807) is 13.4 Å². The molecule has 1 saturated heterocycles. The Hall–Kier alpha value is -1.73. The molecule has 1 atom stereocenters. The predicted molar refractivity (Wildman–Crippen MR) is 80.4 cm³/mol. The molecule has 0 saturated carbocycles. The molecular formula is C15H23N5O2. The molecule has 1 N–H and O–H groups in total. The Balaban J connectivity index is 1.80. The van der Waals surface area contributed by atoms with Crippen molar-refractivity contribution >= 4 is 0 Å². The third-order valence-electron chi connectivity index (χ3n) is 4.08. The molecule has 0 aromatic carbocycles. The highest BCUT2D eigenvalue weighted by molar-refractivity contribution is 5.07. The van der Waals surface area contributed by atoms with Crippen molar-refractivity contribution in [3.63, 3.8) is 0 Å². The van der Waals surface area contributed by atoms with Crippen LogP contribution in [0.5, 0.6) is 0 Å². The summed E-state index contributed by atoms with van der Waals surface area (Å²) in [6.45, 7) is 4.28. The molecule has 2 aromatic heterocycles. The number of hydrogen-bond donors (Lipinski definition) is 1. The van der Waals surface area contributed by atoms with Crippen LogP contribution in [-0.2, 0) is 34.5 Å². The molecule has 3 rings (SSSR count). The maximum atomic E-state index is 5.95. The molecule has 0 unspecified atom stereocenters. The smallest absolute Gasteiger partial charge is 0.159 e. The van der Waals surface area contributed by atoms with Crippen LogP contribution in [0, 0.1) is 0 Å². The molecule has 1 aliphatic heterocycles. The first-order chi connectivity index (χ1) is 10.7. The van der Waals surface area contributed by atoms with E-state index in [-0.39, 0.29) is 5.60 Å². The van der Waals surface area contributed by atoms with Gasteiger partial charge in [0.25, 0.3) is 0 Å². The molecule has 3 heterocycles. The second-order valence-corrected chi connectivity index (χ2v) is 5.83. The van der Waals surface area contributed by atoms with Gasteiger partial charge in [0.05, 0.1) is 12.9 Å². The molecule has 1 aliphatic rings. The van der Waals surface area contributed by atoms with Gasteiger partial charge in [0, 0.05) is 45.0 Å². The van der Waals surface area contributed by atoms with Crippen LogP contribution in [-0.4, -0.2) is 45.1 Å². The largest absolute Gasteiger partial charge is 0.384 e. The van der Waals surface area contributed by atoms with Crippen molar-refractivity contribution in [3.8, 4) is 0 Å². The zero-order chi connectivity index (χ0) is 15.4. The number of ether oxygens (including phenoxy) is 2. The molecule has 22 heavy (non-hydrogen) atoms. The van der Waals surface area contributed by atoms with Gasteiger partial charge in [-0.2, -0.15) is 5.10 Å². The lowest BCUT2D eigenvalue weighted by Crippen LogP contribution is -2.26. The Morgan fingerprint density at radius 1 is 1.45 bits per heavy atom. The van der Waals surface area contributed by atoms with Gasteiger partial charge < -0.3 is 14.5 Å². The number of H-pyrrole nitrogens is 1. The van der Waals surface area contributed by atoms with Crippen molar-refractivity contribution in [1.82, 2.24) is 24.7 Å². The van der Waals surface area contributed by atoms with Gasteiger partial charge in [-0.3, -0.25) is 0 Å². The Morgan fingerprint density at radius 2 is 2.36 bits per heavy atom. The minimum absolute atomic E-state index is 0.327. The molecule has 0 bridgehead atoms. The highest BCUT2D eigenvalue weighted by Crippen LogP contribution is 2.34. The number of nitrogens with zero attached hydrogens (tertiary/aromatic N) is 4. The van der Waals surface area contributed by atoms with Crippen LogP contribution in [0.25, 0.3) is 0 Å². The van der Waals surface area contributed by atoms with Crippen molar-refractivity contribution < 1.29 is 9.47 Å². The van der Waals surface area contributed by atoms with Crippen molar-refractivity contribution in [2.45, 2.75) is 44.8 Å². The quantitative estimate of drug-likeness (QED) is 0.838. The Morgan fingerprint density at radius 3 is 3.05 bits per heavy atom. The van der Waals surface area contributed by atoms with Gasteiger partial charge in [-0.05, 0) is 19.8 Å². The zero-order valence-electron chi connectivity index (χ0n) is 13.2. The number of methoxy groups -OCH3 is 1. The van der Waals surface area contributed by atoms with Crippen LogP contribution < -0.4 is 0 Å². The molecule has 0 aliphatic carbocycles. The minimum Gasteiger partial charge on any atom is -0.384 e. The van der Waals surface area contributed by atoms with Crippen molar-refractivity contribution in [1.29, 1.82) is 0 Å². The van der Waals surface area contributed by atoms with Crippen LogP contribution in [0.15, 0.2) is 12.5 Å². The molecule has 7 nitrogen and oxygen atoms in total. The average molecular weight is 305 g/mol. The summed E-state index contributed by atoms with van der Waals surface area (Å²) < 4.78 is 13.1. The van der Waals surface area contributed by atoms with Gasteiger partial charge in [0.15, 0.2) is 11.6 Å². The maximum Gasteiger partial charge on any atom is 0.159 e. The fourth-order valence-electron chi connectivity index (χ4n) is 2.84. The second kappa shape index (κ2) is 6.58. The van der Waals surface area contributed by atoms with Gasteiger partial charge in [-0.25, -0.2) is 14.6 Å². The molecule has 0 amide bonds. The maximum absolute atomic E-state index is 5.95. The summed E-state index contributed by atoms with van der Waals surface area (Å²) in [6.07, 6.45) is 7.16. The zero-order valence-corrected chi connectivity index (χ0v) is 13.2. The molecule has 120 valence electrons. The van der Waals surface area contributed by atoms with Crippen LogP contribution in [0.2, 0.25) is 0 Å². The first kappa shape index (κ1) is 15.2. The summed E-state index contributed by atoms with van der Waals surface area (Å²) in [4.78, 5) is 11.9. The van der Waals surface area contributed by atoms with Crippen molar-refractivity contribution in [3.05, 3.63) is 29.9 Å². The summed E-state index contributed by atoms with van der Waals surface area (Å²) in [7, 11) is 1.69. The van der Waals surface area contributed by atoms with E-state index >= 15 is 0 Å². The lowest BCUT2D eigenvalue weighted by molar-refractivity contribution is 0.00559. The van der Waals surface area contributed by atoms with E-state index in [2.05, 4.69) is 22.0 Å². The number of imidazole rings is 1. The number of aryl methyl sites for hydroxylation is 2. The highest BCUT2D eigenvalue weighted by atomic mass is 16.5. The van der Waals surface area contributed by atoms with E-state index in [1.807, 2.05) is 10.9 Å². The third kappa shape index (κ3) is 3.20. The topological polar surface area (TPSA) is 77.9 Å². The summed E-state index contributed by atoms with van der Waals surface area (Å²) in [5.74, 6) is 1.74. The van der Waals surface area contributed by atoms with Crippen molar-refractivity contribution in [2.75, 3.05) is 20.3 Å². The molecular weight excluding hydrogens is 282 g/mol. The molecule has 0 spiro atoms. The second-order valence-electron chi connectivity index (χ2n) is 5.83.